The molecule has 1 aromatic carbocycles. The highest BCUT2D eigenvalue weighted by molar-refractivity contribution is 8.02. The van der Waals surface area contributed by atoms with Crippen LogP contribution in [0.3, 0.4) is 0 Å². The van der Waals surface area contributed by atoms with Gasteiger partial charge >= 0.3 is 12.1 Å². The Morgan fingerprint density at radius 1 is 1.23 bits per heavy atom. The summed E-state index contributed by atoms with van der Waals surface area (Å²) in [5, 5.41) is 12.6. The Labute approximate surface area is 212 Å². The summed E-state index contributed by atoms with van der Waals surface area (Å²) in [5.74, 6) is 0.185. The van der Waals surface area contributed by atoms with Crippen molar-refractivity contribution in [3.05, 3.63) is 51.4 Å². The molecule has 1 amide bonds. The molecule has 35 heavy (non-hydrogen) atoms. The average Bonchev–Trinajstić information content (AvgIpc) is 3.16. The quantitative estimate of drug-likeness (QED) is 0.130. The van der Waals surface area contributed by atoms with Gasteiger partial charge in [0, 0.05) is 36.5 Å². The molecule has 0 aromatic heterocycles. The number of rotatable bonds is 10. The van der Waals surface area contributed by atoms with E-state index in [1.807, 2.05) is 0 Å². The van der Waals surface area contributed by atoms with Crippen LogP contribution in [0.2, 0.25) is 18.1 Å². The first-order valence-electron chi connectivity index (χ1n) is 11.6. The van der Waals surface area contributed by atoms with Crippen LogP contribution in [0.1, 0.15) is 39.7 Å². The van der Waals surface area contributed by atoms with Gasteiger partial charge in [0.25, 0.3) is 5.69 Å². The van der Waals surface area contributed by atoms with E-state index in [1.165, 1.54) is 30.0 Å². The van der Waals surface area contributed by atoms with E-state index >= 15 is 0 Å². The Hall–Kier alpha value is -2.37. The average molecular weight is 525 g/mol. The van der Waals surface area contributed by atoms with Crippen molar-refractivity contribution < 1.29 is 28.4 Å². The van der Waals surface area contributed by atoms with Crippen LogP contribution in [0, 0.1) is 10.1 Å². The summed E-state index contributed by atoms with van der Waals surface area (Å²) < 4.78 is 17.0. The van der Waals surface area contributed by atoms with E-state index in [1.54, 1.807) is 29.4 Å². The number of ether oxygens (including phenoxy) is 2. The number of hydrogen-bond donors (Lipinski definition) is 0. The number of amides is 1. The molecule has 0 N–H and O–H groups in total. The van der Waals surface area contributed by atoms with Gasteiger partial charge in [0.2, 0.25) is 0 Å². The van der Waals surface area contributed by atoms with Crippen molar-refractivity contribution in [2.75, 3.05) is 18.9 Å². The third kappa shape index (κ3) is 8.66. The number of esters is 1. The zero-order chi connectivity index (χ0) is 26.2. The van der Waals surface area contributed by atoms with E-state index in [9.17, 15) is 19.7 Å². The summed E-state index contributed by atoms with van der Waals surface area (Å²) >= 11 is 1.43. The predicted octanol–water partition coefficient (Wildman–Crippen LogP) is 5.51. The Morgan fingerprint density at radius 2 is 1.89 bits per heavy atom. The minimum absolute atomic E-state index is 0.0156. The third-order valence-electron chi connectivity index (χ3n) is 6.26. The Morgan fingerprint density at radius 3 is 2.46 bits per heavy atom. The third-order valence-corrected chi connectivity index (χ3v) is 11.7. The molecule has 2 atom stereocenters. The van der Waals surface area contributed by atoms with Crippen molar-refractivity contribution in [3.63, 3.8) is 0 Å². The fourth-order valence-corrected chi connectivity index (χ4v) is 5.55. The molecule has 1 heterocycles. The lowest BCUT2D eigenvalue weighted by Gasteiger charge is -2.38. The number of non-ortho nitro benzene ring substituents is 1. The van der Waals surface area contributed by atoms with Crippen molar-refractivity contribution >= 4 is 37.8 Å². The fourth-order valence-electron chi connectivity index (χ4n) is 3.34. The number of hydrogen-bond acceptors (Lipinski definition) is 8. The lowest BCUT2D eigenvalue weighted by molar-refractivity contribution is -0.384. The molecule has 0 bridgehead atoms. The fraction of sp³-hybridized carbons (Fsp3) is 0.583. The molecule has 9 nitrogen and oxygen atoms in total. The SMILES string of the molecule is CCOC(=O)/C=C/SC[C@@H]1C[C@@H](O[Si](C)(C)C(C)(C)C)CN1C(=O)OCc1ccc([N+](=O)[O-])cc1. The minimum atomic E-state index is -2.03. The van der Waals surface area contributed by atoms with E-state index in [0.29, 0.717) is 30.9 Å². The van der Waals surface area contributed by atoms with Crippen LogP contribution in [0.15, 0.2) is 35.7 Å². The van der Waals surface area contributed by atoms with Crippen molar-refractivity contribution in [1.82, 2.24) is 4.90 Å². The van der Waals surface area contributed by atoms with E-state index in [0.717, 1.165) is 0 Å². The van der Waals surface area contributed by atoms with Gasteiger partial charge in [-0.25, -0.2) is 9.59 Å². The summed E-state index contributed by atoms with van der Waals surface area (Å²) in [7, 11) is -2.03. The molecule has 0 unspecified atom stereocenters. The highest BCUT2D eigenvalue weighted by Gasteiger charge is 2.43. The summed E-state index contributed by atoms with van der Waals surface area (Å²) in [5.41, 5.74) is 0.652. The van der Waals surface area contributed by atoms with Crippen LogP contribution in [0.4, 0.5) is 10.5 Å². The first-order valence-corrected chi connectivity index (χ1v) is 15.6. The zero-order valence-electron chi connectivity index (χ0n) is 21.3. The number of carbonyl (C=O) groups excluding carboxylic acids is 2. The molecule has 2 rings (SSSR count). The highest BCUT2D eigenvalue weighted by Crippen LogP contribution is 2.39. The number of nitro benzene ring substituents is 1. The summed E-state index contributed by atoms with van der Waals surface area (Å²) in [6.45, 7) is 13.4. The Kier molecular flexibility index (Phi) is 10.3. The van der Waals surface area contributed by atoms with Gasteiger partial charge in [-0.2, -0.15) is 0 Å². The second kappa shape index (κ2) is 12.5. The van der Waals surface area contributed by atoms with Gasteiger partial charge in [0.1, 0.15) is 6.61 Å². The van der Waals surface area contributed by atoms with Crippen LogP contribution in [0.25, 0.3) is 0 Å². The van der Waals surface area contributed by atoms with Crippen molar-refractivity contribution in [2.24, 2.45) is 0 Å². The van der Waals surface area contributed by atoms with Gasteiger partial charge in [-0.15, -0.1) is 11.8 Å². The number of nitro groups is 1. The van der Waals surface area contributed by atoms with E-state index < -0.39 is 25.3 Å². The highest BCUT2D eigenvalue weighted by atomic mass is 32.2. The molecule has 1 aliphatic heterocycles. The molecule has 194 valence electrons. The van der Waals surface area contributed by atoms with Gasteiger partial charge < -0.3 is 18.8 Å². The maximum Gasteiger partial charge on any atom is 0.410 e. The first-order chi connectivity index (χ1) is 16.3. The molecule has 1 saturated heterocycles. The second-order valence-electron chi connectivity index (χ2n) is 9.91. The largest absolute Gasteiger partial charge is 0.463 e. The number of likely N-dealkylation sites (tertiary alicyclic amines) is 1. The van der Waals surface area contributed by atoms with E-state index in [2.05, 4.69) is 33.9 Å². The molecule has 1 aliphatic rings. The standard InChI is InChI=1S/C24H36N2O7SSi/c1-7-31-22(27)12-13-34-17-20-14-21(33-35(5,6)24(2,3)4)15-25(20)23(28)32-16-18-8-10-19(11-9-18)26(29)30/h8-13,20-21H,7,14-17H2,1-6H3/b13-12+/t20-,21+/m0/s1. The number of carbonyl (C=O) groups is 2. The molecular weight excluding hydrogens is 488 g/mol. The Bertz CT molecular complexity index is 915. The van der Waals surface area contributed by atoms with Gasteiger partial charge in [0.05, 0.1) is 17.6 Å². The van der Waals surface area contributed by atoms with Crippen LogP contribution >= 0.6 is 11.8 Å². The van der Waals surface area contributed by atoms with Crippen molar-refractivity contribution in [2.45, 2.75) is 71.0 Å². The molecule has 1 aromatic rings. The molecule has 11 heteroatoms. The monoisotopic (exact) mass is 524 g/mol. The first kappa shape index (κ1) is 28.9. The number of thioether (sulfide) groups is 1. The van der Waals surface area contributed by atoms with Gasteiger partial charge in [-0.1, -0.05) is 20.8 Å². The maximum atomic E-state index is 13.0. The van der Waals surface area contributed by atoms with Gasteiger partial charge in [-0.3, -0.25) is 10.1 Å². The van der Waals surface area contributed by atoms with Crippen LogP contribution < -0.4 is 0 Å². The molecular formula is C24H36N2O7SSi. The van der Waals surface area contributed by atoms with Crippen molar-refractivity contribution in [1.29, 1.82) is 0 Å². The normalized spacial score (nSPS) is 18.6. The van der Waals surface area contributed by atoms with Gasteiger partial charge in [-0.05, 0) is 54.6 Å². The van der Waals surface area contributed by atoms with Crippen LogP contribution in [-0.4, -0.2) is 61.3 Å². The predicted molar refractivity (Wildman–Crippen MR) is 139 cm³/mol. The lowest BCUT2D eigenvalue weighted by Crippen LogP contribution is -2.44. The van der Waals surface area contributed by atoms with Crippen LogP contribution in [0.5, 0.6) is 0 Å². The minimum Gasteiger partial charge on any atom is -0.463 e. The summed E-state index contributed by atoms with van der Waals surface area (Å²) in [6, 6.07) is 5.80. The topological polar surface area (TPSA) is 108 Å². The zero-order valence-corrected chi connectivity index (χ0v) is 23.1. The molecule has 1 fully saturated rings. The molecule has 0 radical (unpaired) electrons. The van der Waals surface area contributed by atoms with Gasteiger partial charge in [0.15, 0.2) is 8.32 Å². The summed E-state index contributed by atoms with van der Waals surface area (Å²) in [6.07, 6.45) is 1.51. The number of benzene rings is 1. The lowest BCUT2D eigenvalue weighted by atomic mass is 10.2. The van der Waals surface area contributed by atoms with E-state index in [4.69, 9.17) is 13.9 Å². The maximum absolute atomic E-state index is 13.0. The molecule has 0 saturated carbocycles. The second-order valence-corrected chi connectivity index (χ2v) is 15.6. The Balaban J connectivity index is 2.04. The van der Waals surface area contributed by atoms with Crippen molar-refractivity contribution in [3.8, 4) is 0 Å². The molecule has 0 spiro atoms. The van der Waals surface area contributed by atoms with E-state index in [-0.39, 0.29) is 29.5 Å². The summed E-state index contributed by atoms with van der Waals surface area (Å²) in [4.78, 5) is 36.6. The molecule has 0 aliphatic carbocycles. The number of nitrogens with zero attached hydrogens (tertiary/aromatic N) is 2. The smallest absolute Gasteiger partial charge is 0.410 e. The van der Waals surface area contributed by atoms with Crippen LogP contribution in [-0.2, 0) is 25.3 Å².